The van der Waals surface area contributed by atoms with Crippen molar-refractivity contribution in [1.29, 1.82) is 0 Å². The summed E-state index contributed by atoms with van der Waals surface area (Å²) in [5.74, 6) is 2.09. The quantitative estimate of drug-likeness (QED) is 0.817. The van der Waals surface area contributed by atoms with Crippen LogP contribution in [0.5, 0.6) is 11.5 Å². The maximum absolute atomic E-state index is 12.3. The van der Waals surface area contributed by atoms with Crippen LogP contribution in [0.25, 0.3) is 10.9 Å². The Morgan fingerprint density at radius 3 is 2.22 bits per heavy atom. The lowest BCUT2D eigenvalue weighted by atomic mass is 10.2. The molecule has 8 heteroatoms. The van der Waals surface area contributed by atoms with E-state index in [9.17, 15) is 4.79 Å². The zero-order valence-electron chi connectivity index (χ0n) is 16.5. The minimum Gasteiger partial charge on any atom is -0.493 e. The van der Waals surface area contributed by atoms with Crippen molar-refractivity contribution < 1.29 is 19.0 Å². The number of hydrogen-bond donors (Lipinski definition) is 0. The molecule has 1 aliphatic rings. The summed E-state index contributed by atoms with van der Waals surface area (Å²) < 4.78 is 16.2. The summed E-state index contributed by atoms with van der Waals surface area (Å²) >= 11 is 0. The first-order valence-electron chi connectivity index (χ1n) is 8.92. The molecule has 0 radical (unpaired) electrons. The number of rotatable bonds is 3. The van der Waals surface area contributed by atoms with Crippen molar-refractivity contribution in [2.45, 2.75) is 26.4 Å². The lowest BCUT2D eigenvalue weighted by molar-refractivity contribution is 0.0240. The number of carbonyl (C=O) groups is 1. The third-order valence-electron chi connectivity index (χ3n) is 4.35. The zero-order valence-corrected chi connectivity index (χ0v) is 16.5. The Labute approximate surface area is 159 Å². The van der Waals surface area contributed by atoms with E-state index >= 15 is 0 Å². The number of ether oxygens (including phenoxy) is 3. The van der Waals surface area contributed by atoms with Gasteiger partial charge in [0.15, 0.2) is 11.5 Å². The number of nitrogens with zero attached hydrogens (tertiary/aromatic N) is 4. The summed E-state index contributed by atoms with van der Waals surface area (Å²) in [4.78, 5) is 25.0. The van der Waals surface area contributed by atoms with Crippen molar-refractivity contribution in [3.63, 3.8) is 0 Å². The van der Waals surface area contributed by atoms with Gasteiger partial charge in [0.2, 0.25) is 0 Å². The van der Waals surface area contributed by atoms with Crippen LogP contribution >= 0.6 is 0 Å². The number of methoxy groups -OCH3 is 2. The summed E-state index contributed by atoms with van der Waals surface area (Å²) in [7, 11) is 3.20. The van der Waals surface area contributed by atoms with Crippen LogP contribution in [0, 0.1) is 0 Å². The molecule has 0 spiro atoms. The highest BCUT2D eigenvalue weighted by atomic mass is 16.6. The largest absolute Gasteiger partial charge is 0.493 e. The molecule has 8 nitrogen and oxygen atoms in total. The van der Waals surface area contributed by atoms with Crippen LogP contribution in [-0.2, 0) is 4.74 Å². The first-order valence-corrected chi connectivity index (χ1v) is 8.92. The second-order valence-electron chi connectivity index (χ2n) is 7.38. The third-order valence-corrected chi connectivity index (χ3v) is 4.35. The maximum atomic E-state index is 12.3. The third kappa shape index (κ3) is 4.15. The van der Waals surface area contributed by atoms with E-state index in [0.29, 0.717) is 37.7 Å². The standard InChI is InChI=1S/C19H26N4O4/c1-19(2,3)27-18(24)23-8-6-22(7-9-23)17-13-10-15(25-4)16(26-5)11-14(13)20-12-21-17/h10-12H,6-9H2,1-5H3. The molecule has 2 aromatic rings. The molecule has 1 aromatic carbocycles. The monoisotopic (exact) mass is 374 g/mol. The molecule has 3 rings (SSSR count). The topological polar surface area (TPSA) is 77.0 Å². The molecule has 0 N–H and O–H groups in total. The van der Waals surface area contributed by atoms with Gasteiger partial charge in [0.1, 0.15) is 17.7 Å². The van der Waals surface area contributed by atoms with Gasteiger partial charge in [-0.1, -0.05) is 0 Å². The minimum absolute atomic E-state index is 0.277. The van der Waals surface area contributed by atoms with Crippen LogP contribution in [0.15, 0.2) is 18.5 Å². The average molecular weight is 374 g/mol. The van der Waals surface area contributed by atoms with Gasteiger partial charge < -0.3 is 24.0 Å². The van der Waals surface area contributed by atoms with Crippen LogP contribution in [0.2, 0.25) is 0 Å². The van der Waals surface area contributed by atoms with Crippen LogP contribution in [0.3, 0.4) is 0 Å². The van der Waals surface area contributed by atoms with Gasteiger partial charge in [-0.05, 0) is 26.8 Å². The molecule has 0 aliphatic carbocycles. The van der Waals surface area contributed by atoms with Gasteiger partial charge in [0, 0.05) is 37.6 Å². The van der Waals surface area contributed by atoms with Crippen LogP contribution in [0.1, 0.15) is 20.8 Å². The maximum Gasteiger partial charge on any atom is 0.410 e. The molecular weight excluding hydrogens is 348 g/mol. The molecule has 0 unspecified atom stereocenters. The normalized spacial score (nSPS) is 15.0. The van der Waals surface area contributed by atoms with Gasteiger partial charge in [0.05, 0.1) is 19.7 Å². The number of carbonyl (C=O) groups excluding carboxylic acids is 1. The van der Waals surface area contributed by atoms with Gasteiger partial charge >= 0.3 is 6.09 Å². The van der Waals surface area contributed by atoms with E-state index in [4.69, 9.17) is 14.2 Å². The van der Waals surface area contributed by atoms with Gasteiger partial charge in [-0.15, -0.1) is 0 Å². The Morgan fingerprint density at radius 2 is 1.63 bits per heavy atom. The molecule has 0 atom stereocenters. The molecule has 27 heavy (non-hydrogen) atoms. The van der Waals surface area contributed by atoms with Gasteiger partial charge in [0.25, 0.3) is 0 Å². The Balaban J connectivity index is 1.80. The average Bonchev–Trinajstić information content (AvgIpc) is 2.65. The van der Waals surface area contributed by atoms with E-state index in [0.717, 1.165) is 16.7 Å². The Bertz CT molecular complexity index is 826. The summed E-state index contributed by atoms with van der Waals surface area (Å²) in [6.45, 7) is 8.10. The molecular formula is C19H26N4O4. The number of hydrogen-bond acceptors (Lipinski definition) is 7. The Morgan fingerprint density at radius 1 is 1.00 bits per heavy atom. The molecule has 146 valence electrons. The lowest BCUT2D eigenvalue weighted by Gasteiger charge is -2.36. The van der Waals surface area contributed by atoms with E-state index in [-0.39, 0.29) is 6.09 Å². The Hall–Kier alpha value is -2.77. The molecule has 1 saturated heterocycles. The van der Waals surface area contributed by atoms with Crippen LogP contribution < -0.4 is 14.4 Å². The molecule has 1 aliphatic heterocycles. The van der Waals surface area contributed by atoms with Gasteiger partial charge in [-0.3, -0.25) is 0 Å². The van der Waals surface area contributed by atoms with Gasteiger partial charge in [-0.25, -0.2) is 14.8 Å². The lowest BCUT2D eigenvalue weighted by Crippen LogP contribution is -2.50. The van der Waals surface area contributed by atoms with E-state index in [2.05, 4.69) is 14.9 Å². The van der Waals surface area contributed by atoms with Crippen molar-refractivity contribution >= 4 is 22.8 Å². The Kier molecular flexibility index (Phi) is 5.25. The fourth-order valence-electron chi connectivity index (χ4n) is 3.05. The second kappa shape index (κ2) is 7.46. The van der Waals surface area contributed by atoms with Crippen molar-refractivity contribution in [3.05, 3.63) is 18.5 Å². The molecule has 2 heterocycles. The van der Waals surface area contributed by atoms with E-state index < -0.39 is 5.60 Å². The number of anilines is 1. The predicted octanol–water partition coefficient (Wildman–Crippen LogP) is 2.70. The molecule has 0 bridgehead atoms. The zero-order chi connectivity index (χ0) is 19.6. The highest BCUT2D eigenvalue weighted by molar-refractivity contribution is 5.92. The van der Waals surface area contributed by atoms with E-state index in [1.54, 1.807) is 25.4 Å². The van der Waals surface area contributed by atoms with E-state index in [1.807, 2.05) is 32.9 Å². The van der Waals surface area contributed by atoms with Crippen LogP contribution in [0.4, 0.5) is 10.6 Å². The minimum atomic E-state index is -0.493. The number of aromatic nitrogens is 2. The summed E-state index contributed by atoms with van der Waals surface area (Å²) in [6.07, 6.45) is 1.27. The number of fused-ring (bicyclic) bond motifs is 1. The van der Waals surface area contributed by atoms with E-state index in [1.165, 1.54) is 0 Å². The first kappa shape index (κ1) is 19.0. The smallest absolute Gasteiger partial charge is 0.410 e. The number of amides is 1. The highest BCUT2D eigenvalue weighted by Gasteiger charge is 2.27. The fraction of sp³-hybridized carbons (Fsp3) is 0.526. The van der Waals surface area contributed by atoms with Crippen molar-refractivity contribution in [1.82, 2.24) is 14.9 Å². The number of piperazine rings is 1. The molecule has 1 fully saturated rings. The molecule has 1 aromatic heterocycles. The number of benzene rings is 1. The summed E-state index contributed by atoms with van der Waals surface area (Å²) in [5.41, 5.74) is 0.291. The molecule has 0 saturated carbocycles. The SMILES string of the molecule is COc1cc2ncnc(N3CCN(C(=O)OC(C)(C)C)CC3)c2cc1OC. The molecule has 1 amide bonds. The first-order chi connectivity index (χ1) is 12.8. The van der Waals surface area contributed by atoms with Crippen molar-refractivity contribution in [2.75, 3.05) is 45.3 Å². The summed E-state index contributed by atoms with van der Waals surface area (Å²) in [5, 5.41) is 0.890. The van der Waals surface area contributed by atoms with Crippen molar-refractivity contribution in [3.8, 4) is 11.5 Å². The predicted molar refractivity (Wildman–Crippen MR) is 103 cm³/mol. The summed E-state index contributed by atoms with van der Waals surface area (Å²) in [6, 6.07) is 3.74. The van der Waals surface area contributed by atoms with Gasteiger partial charge in [-0.2, -0.15) is 0 Å². The highest BCUT2D eigenvalue weighted by Crippen LogP contribution is 2.34. The fourth-order valence-corrected chi connectivity index (χ4v) is 3.05. The second-order valence-corrected chi connectivity index (χ2v) is 7.38. The van der Waals surface area contributed by atoms with Crippen molar-refractivity contribution in [2.24, 2.45) is 0 Å². The van der Waals surface area contributed by atoms with Crippen LogP contribution in [-0.4, -0.2) is 67.0 Å².